The lowest BCUT2D eigenvalue weighted by atomic mass is 10.2. The monoisotopic (exact) mass is 347 g/mol. The van der Waals surface area contributed by atoms with Gasteiger partial charge in [-0.1, -0.05) is 30.3 Å². The van der Waals surface area contributed by atoms with Gasteiger partial charge in [-0.15, -0.1) is 0 Å². The van der Waals surface area contributed by atoms with Gasteiger partial charge in [0.1, 0.15) is 17.0 Å². The summed E-state index contributed by atoms with van der Waals surface area (Å²) in [5, 5.41) is 3.48. The normalized spacial score (nSPS) is 11.1. The quantitative estimate of drug-likeness (QED) is 0.576. The first kappa shape index (κ1) is 16.1. The number of carbonyl (C=O) groups excluding carboxylic acids is 1. The van der Waals surface area contributed by atoms with Crippen molar-refractivity contribution in [2.24, 2.45) is 0 Å². The summed E-state index contributed by atoms with van der Waals surface area (Å²) in [6.07, 6.45) is 0. The Morgan fingerprint density at radius 3 is 2.77 bits per heavy atom. The first-order valence-electron chi connectivity index (χ1n) is 8.42. The largest absolute Gasteiger partial charge is 0.422 e. The average molecular weight is 347 g/mol. The summed E-state index contributed by atoms with van der Waals surface area (Å²) in [6, 6.07) is 16.5. The fraction of sp³-hybridized carbons (Fsp3) is 0.150. The van der Waals surface area contributed by atoms with Crippen molar-refractivity contribution in [3.8, 4) is 0 Å². The number of nitrogens with one attached hydrogen (secondary N) is 1. The zero-order chi connectivity index (χ0) is 18.1. The molecule has 0 spiro atoms. The van der Waals surface area contributed by atoms with Gasteiger partial charge in [-0.3, -0.25) is 4.79 Å². The molecule has 2 aromatic heterocycles. The van der Waals surface area contributed by atoms with E-state index in [0.29, 0.717) is 11.0 Å². The molecule has 4 aromatic rings. The lowest BCUT2D eigenvalue weighted by molar-refractivity contribution is 0.0946. The molecule has 1 N–H and O–H groups in total. The standard InChI is InChI=1S/C20H17N3O3/c1-2-23-16-9-5-4-8-15(16)22-18(23)12-21-19(24)14-11-13-7-3-6-10-17(13)26-20(14)25/h3-11H,2,12H2,1H3,(H,21,24). The zero-order valence-electron chi connectivity index (χ0n) is 14.2. The van der Waals surface area contributed by atoms with Gasteiger partial charge in [-0.25, -0.2) is 9.78 Å². The van der Waals surface area contributed by atoms with Crippen LogP contribution in [0.3, 0.4) is 0 Å². The van der Waals surface area contributed by atoms with Crippen molar-refractivity contribution in [3.05, 3.63) is 76.4 Å². The molecule has 0 aliphatic carbocycles. The van der Waals surface area contributed by atoms with E-state index in [2.05, 4.69) is 10.3 Å². The fourth-order valence-corrected chi connectivity index (χ4v) is 3.09. The molecule has 0 saturated heterocycles. The molecule has 26 heavy (non-hydrogen) atoms. The van der Waals surface area contributed by atoms with Gasteiger partial charge in [0, 0.05) is 11.9 Å². The van der Waals surface area contributed by atoms with Crippen LogP contribution in [0.2, 0.25) is 0 Å². The van der Waals surface area contributed by atoms with Crippen LogP contribution in [0.4, 0.5) is 0 Å². The molecule has 0 saturated carbocycles. The van der Waals surface area contributed by atoms with Crippen molar-refractivity contribution in [2.45, 2.75) is 20.0 Å². The number of aromatic nitrogens is 2. The number of rotatable bonds is 4. The highest BCUT2D eigenvalue weighted by Gasteiger charge is 2.15. The number of hydrogen-bond acceptors (Lipinski definition) is 4. The number of hydrogen-bond donors (Lipinski definition) is 1. The van der Waals surface area contributed by atoms with Gasteiger partial charge in [0.05, 0.1) is 17.6 Å². The molecule has 0 bridgehead atoms. The minimum Gasteiger partial charge on any atom is -0.422 e. The Labute approximate surface area is 149 Å². The van der Waals surface area contributed by atoms with E-state index < -0.39 is 11.5 Å². The van der Waals surface area contributed by atoms with Crippen LogP contribution in [0, 0.1) is 0 Å². The van der Waals surface area contributed by atoms with Crippen LogP contribution in [0.25, 0.3) is 22.0 Å². The Kier molecular flexibility index (Phi) is 4.01. The number of carbonyl (C=O) groups is 1. The van der Waals surface area contributed by atoms with Gasteiger partial charge in [-0.2, -0.15) is 0 Å². The molecular formula is C20H17N3O3. The Balaban J connectivity index is 1.62. The van der Waals surface area contributed by atoms with E-state index >= 15 is 0 Å². The molecule has 0 unspecified atom stereocenters. The third-order valence-electron chi connectivity index (χ3n) is 4.34. The van der Waals surface area contributed by atoms with Crippen LogP contribution in [0.1, 0.15) is 23.1 Å². The first-order valence-corrected chi connectivity index (χ1v) is 8.42. The van der Waals surface area contributed by atoms with Crippen molar-refractivity contribution in [1.29, 1.82) is 0 Å². The predicted molar refractivity (Wildman–Crippen MR) is 99.1 cm³/mol. The summed E-state index contributed by atoms with van der Waals surface area (Å²) in [4.78, 5) is 29.2. The smallest absolute Gasteiger partial charge is 0.349 e. The van der Waals surface area contributed by atoms with E-state index in [4.69, 9.17) is 4.42 Å². The molecule has 6 nitrogen and oxygen atoms in total. The van der Waals surface area contributed by atoms with Crippen molar-refractivity contribution in [2.75, 3.05) is 0 Å². The Morgan fingerprint density at radius 1 is 1.15 bits per heavy atom. The zero-order valence-corrected chi connectivity index (χ0v) is 14.2. The second-order valence-corrected chi connectivity index (χ2v) is 5.93. The van der Waals surface area contributed by atoms with E-state index in [1.54, 1.807) is 24.3 Å². The summed E-state index contributed by atoms with van der Waals surface area (Å²) < 4.78 is 7.26. The van der Waals surface area contributed by atoms with Gasteiger partial charge >= 0.3 is 5.63 Å². The average Bonchev–Trinajstić information content (AvgIpc) is 3.03. The molecule has 4 rings (SSSR count). The molecule has 1 amide bonds. The first-order chi connectivity index (χ1) is 12.7. The van der Waals surface area contributed by atoms with Crippen molar-refractivity contribution >= 4 is 27.9 Å². The molecule has 0 aliphatic heterocycles. The maximum Gasteiger partial charge on any atom is 0.349 e. The summed E-state index contributed by atoms with van der Waals surface area (Å²) in [5.41, 5.74) is 1.70. The molecule has 0 fully saturated rings. The molecular weight excluding hydrogens is 330 g/mol. The van der Waals surface area contributed by atoms with Gasteiger partial charge in [-0.05, 0) is 31.2 Å². The summed E-state index contributed by atoms with van der Waals surface area (Å²) in [7, 11) is 0. The molecule has 6 heteroatoms. The lowest BCUT2D eigenvalue weighted by Gasteiger charge is -2.07. The Bertz CT molecular complexity index is 1170. The molecule has 0 aliphatic rings. The van der Waals surface area contributed by atoms with Crippen LogP contribution in [-0.2, 0) is 13.1 Å². The minimum atomic E-state index is -0.648. The van der Waals surface area contributed by atoms with Gasteiger partial charge in [0.25, 0.3) is 5.91 Å². The third kappa shape index (κ3) is 2.75. The third-order valence-corrected chi connectivity index (χ3v) is 4.34. The van der Waals surface area contributed by atoms with Crippen LogP contribution in [-0.4, -0.2) is 15.5 Å². The number of para-hydroxylation sites is 3. The highest BCUT2D eigenvalue weighted by molar-refractivity contribution is 5.96. The second-order valence-electron chi connectivity index (χ2n) is 5.93. The summed E-state index contributed by atoms with van der Waals surface area (Å²) >= 11 is 0. The molecule has 130 valence electrons. The second kappa shape index (κ2) is 6.48. The van der Waals surface area contributed by atoms with E-state index in [-0.39, 0.29) is 12.1 Å². The molecule has 2 aromatic carbocycles. The summed E-state index contributed by atoms with van der Waals surface area (Å²) in [6.45, 7) is 2.99. The predicted octanol–water partition coefficient (Wildman–Crippen LogP) is 3.09. The number of benzene rings is 2. The topological polar surface area (TPSA) is 77.1 Å². The van der Waals surface area contributed by atoms with Crippen LogP contribution in [0.15, 0.2) is 63.8 Å². The van der Waals surface area contributed by atoms with Crippen molar-refractivity contribution in [3.63, 3.8) is 0 Å². The van der Waals surface area contributed by atoms with E-state index in [1.807, 2.05) is 41.8 Å². The van der Waals surface area contributed by atoms with E-state index in [0.717, 1.165) is 23.4 Å². The lowest BCUT2D eigenvalue weighted by Crippen LogP contribution is -2.29. The van der Waals surface area contributed by atoms with Gasteiger partial charge in [0.15, 0.2) is 0 Å². The highest BCUT2D eigenvalue weighted by Crippen LogP contribution is 2.16. The number of amides is 1. The van der Waals surface area contributed by atoms with Gasteiger partial charge in [0.2, 0.25) is 0 Å². The van der Waals surface area contributed by atoms with Crippen molar-refractivity contribution < 1.29 is 9.21 Å². The highest BCUT2D eigenvalue weighted by atomic mass is 16.4. The Morgan fingerprint density at radius 2 is 1.92 bits per heavy atom. The number of nitrogens with zero attached hydrogens (tertiary/aromatic N) is 2. The maximum atomic E-state index is 12.5. The van der Waals surface area contributed by atoms with Crippen LogP contribution >= 0.6 is 0 Å². The molecule has 2 heterocycles. The molecule has 0 radical (unpaired) electrons. The van der Waals surface area contributed by atoms with Crippen LogP contribution in [0.5, 0.6) is 0 Å². The van der Waals surface area contributed by atoms with E-state index in [1.165, 1.54) is 0 Å². The Hall–Kier alpha value is -3.41. The fourth-order valence-electron chi connectivity index (χ4n) is 3.09. The number of aryl methyl sites for hydroxylation is 1. The van der Waals surface area contributed by atoms with Crippen molar-refractivity contribution in [1.82, 2.24) is 14.9 Å². The maximum absolute atomic E-state index is 12.5. The van der Waals surface area contributed by atoms with Gasteiger partial charge < -0.3 is 14.3 Å². The molecule has 0 atom stereocenters. The SMILES string of the molecule is CCn1c(CNC(=O)c2cc3ccccc3oc2=O)nc2ccccc21. The minimum absolute atomic E-state index is 0.0112. The number of imidazole rings is 1. The summed E-state index contributed by atoms with van der Waals surface area (Å²) in [5.74, 6) is 0.270. The van der Waals surface area contributed by atoms with Crippen LogP contribution < -0.4 is 10.9 Å². The van der Waals surface area contributed by atoms with E-state index in [9.17, 15) is 9.59 Å². The number of fused-ring (bicyclic) bond motifs is 2.